The Hall–Kier alpha value is -3.45. The SMILES string of the molecule is CC1=NN(c2ccc(Cl)c(C(=O)O)c2)C(=O)/C1=C/c1ccc(C(N)=O)cc1. The number of primary amides is 1. The molecular weight excluding hydrogens is 370 g/mol. The lowest BCUT2D eigenvalue weighted by Gasteiger charge is -2.13. The van der Waals surface area contributed by atoms with Gasteiger partial charge in [-0.2, -0.15) is 10.1 Å². The van der Waals surface area contributed by atoms with E-state index < -0.39 is 17.8 Å². The van der Waals surface area contributed by atoms with Crippen LogP contribution >= 0.6 is 11.6 Å². The summed E-state index contributed by atoms with van der Waals surface area (Å²) in [6.07, 6.45) is 1.64. The van der Waals surface area contributed by atoms with Gasteiger partial charge in [-0.05, 0) is 48.9 Å². The van der Waals surface area contributed by atoms with Crippen molar-refractivity contribution in [2.24, 2.45) is 10.8 Å². The maximum absolute atomic E-state index is 12.8. The van der Waals surface area contributed by atoms with Gasteiger partial charge in [0.2, 0.25) is 5.91 Å². The van der Waals surface area contributed by atoms with Crippen LogP contribution in [0.15, 0.2) is 53.1 Å². The summed E-state index contributed by atoms with van der Waals surface area (Å²) in [5.41, 5.74) is 7.29. The number of hydrogen-bond acceptors (Lipinski definition) is 4. The monoisotopic (exact) mass is 383 g/mol. The van der Waals surface area contributed by atoms with Gasteiger partial charge >= 0.3 is 5.97 Å². The number of carbonyl (C=O) groups is 3. The van der Waals surface area contributed by atoms with E-state index in [2.05, 4.69) is 5.10 Å². The zero-order valence-electron chi connectivity index (χ0n) is 14.1. The largest absolute Gasteiger partial charge is 0.478 e. The normalized spacial score (nSPS) is 15.2. The van der Waals surface area contributed by atoms with Gasteiger partial charge in [0.1, 0.15) is 0 Å². The highest BCUT2D eigenvalue weighted by Crippen LogP contribution is 2.28. The molecule has 0 aliphatic carbocycles. The first-order valence-electron chi connectivity index (χ1n) is 7.82. The van der Waals surface area contributed by atoms with Crippen LogP contribution in [0.2, 0.25) is 5.02 Å². The number of carboxylic acids is 1. The zero-order valence-corrected chi connectivity index (χ0v) is 14.9. The Kier molecular flexibility index (Phi) is 4.79. The molecule has 0 unspecified atom stereocenters. The molecule has 3 N–H and O–H groups in total. The lowest BCUT2D eigenvalue weighted by Crippen LogP contribution is -2.21. The summed E-state index contributed by atoms with van der Waals surface area (Å²) in [4.78, 5) is 35.1. The Morgan fingerprint density at radius 2 is 1.85 bits per heavy atom. The van der Waals surface area contributed by atoms with Crippen LogP contribution in [-0.2, 0) is 4.79 Å². The van der Waals surface area contributed by atoms with Crippen molar-refractivity contribution < 1.29 is 19.5 Å². The van der Waals surface area contributed by atoms with Crippen molar-refractivity contribution in [2.45, 2.75) is 6.92 Å². The van der Waals surface area contributed by atoms with E-state index in [9.17, 15) is 19.5 Å². The lowest BCUT2D eigenvalue weighted by molar-refractivity contribution is -0.114. The zero-order chi connectivity index (χ0) is 19.7. The van der Waals surface area contributed by atoms with E-state index >= 15 is 0 Å². The van der Waals surface area contributed by atoms with Crippen LogP contribution in [0.4, 0.5) is 5.69 Å². The molecule has 2 aromatic carbocycles. The predicted molar refractivity (Wildman–Crippen MR) is 102 cm³/mol. The standard InChI is InChI=1S/C19H14ClN3O4/c1-10-14(8-11-2-4-12(5-3-11)17(21)24)18(25)23(22-10)13-6-7-16(20)15(9-13)19(26)27/h2-9H,1H3,(H2,21,24)(H,26,27)/b14-8+. The lowest BCUT2D eigenvalue weighted by atomic mass is 10.1. The van der Waals surface area contributed by atoms with Crippen molar-refractivity contribution in [3.8, 4) is 0 Å². The number of nitrogens with zero attached hydrogens (tertiary/aromatic N) is 2. The van der Waals surface area contributed by atoms with Crippen LogP contribution in [-0.4, -0.2) is 28.6 Å². The van der Waals surface area contributed by atoms with E-state index in [-0.39, 0.29) is 10.6 Å². The second-order valence-corrected chi connectivity index (χ2v) is 6.22. The number of hydrogen-bond donors (Lipinski definition) is 2. The first-order valence-corrected chi connectivity index (χ1v) is 8.20. The first-order chi connectivity index (χ1) is 12.8. The molecule has 0 saturated heterocycles. The molecule has 1 aliphatic rings. The summed E-state index contributed by atoms with van der Waals surface area (Å²) in [7, 11) is 0. The molecule has 1 heterocycles. The van der Waals surface area contributed by atoms with E-state index in [4.69, 9.17) is 17.3 Å². The molecule has 0 bridgehead atoms. The van der Waals surface area contributed by atoms with Crippen molar-refractivity contribution in [1.82, 2.24) is 0 Å². The van der Waals surface area contributed by atoms with Crippen molar-refractivity contribution in [1.29, 1.82) is 0 Å². The number of benzene rings is 2. The molecule has 0 spiro atoms. The number of hydrazone groups is 1. The molecule has 3 rings (SSSR count). The molecule has 136 valence electrons. The molecule has 8 heteroatoms. The Morgan fingerprint density at radius 1 is 1.19 bits per heavy atom. The summed E-state index contributed by atoms with van der Waals surface area (Å²) < 4.78 is 0. The number of carbonyl (C=O) groups excluding carboxylic acids is 2. The minimum atomic E-state index is -1.19. The van der Waals surface area contributed by atoms with E-state index in [0.717, 1.165) is 5.01 Å². The maximum atomic E-state index is 12.8. The topological polar surface area (TPSA) is 113 Å². The Balaban J connectivity index is 1.93. The van der Waals surface area contributed by atoms with E-state index in [1.165, 1.54) is 18.2 Å². The third-order valence-electron chi connectivity index (χ3n) is 3.99. The quantitative estimate of drug-likeness (QED) is 0.790. The second-order valence-electron chi connectivity index (χ2n) is 5.82. The molecule has 0 atom stereocenters. The second kappa shape index (κ2) is 7.05. The van der Waals surface area contributed by atoms with Gasteiger partial charge in [-0.1, -0.05) is 23.7 Å². The summed E-state index contributed by atoms with van der Waals surface area (Å²) in [5.74, 6) is -2.13. The summed E-state index contributed by atoms with van der Waals surface area (Å²) >= 11 is 5.87. The number of rotatable bonds is 4. The van der Waals surface area contributed by atoms with Crippen LogP contribution in [0.25, 0.3) is 6.08 Å². The van der Waals surface area contributed by atoms with Gasteiger partial charge < -0.3 is 10.8 Å². The fourth-order valence-corrected chi connectivity index (χ4v) is 2.78. The van der Waals surface area contributed by atoms with Crippen molar-refractivity contribution >= 4 is 46.9 Å². The van der Waals surface area contributed by atoms with Crippen LogP contribution < -0.4 is 10.7 Å². The third kappa shape index (κ3) is 3.58. The van der Waals surface area contributed by atoms with E-state index in [1.807, 2.05) is 0 Å². The Morgan fingerprint density at radius 3 is 2.44 bits per heavy atom. The summed E-state index contributed by atoms with van der Waals surface area (Å²) in [5, 5.41) is 14.6. The van der Waals surface area contributed by atoms with Crippen LogP contribution in [0, 0.1) is 0 Å². The van der Waals surface area contributed by atoms with Gasteiger partial charge in [-0.25, -0.2) is 4.79 Å². The average Bonchev–Trinajstić information content (AvgIpc) is 2.90. The van der Waals surface area contributed by atoms with Crippen LogP contribution in [0.1, 0.15) is 33.2 Å². The minimum Gasteiger partial charge on any atom is -0.478 e. The Labute approximate surface area is 159 Å². The molecule has 0 aromatic heterocycles. The Bertz CT molecular complexity index is 1030. The molecule has 0 radical (unpaired) electrons. The molecule has 0 saturated carbocycles. The van der Waals surface area contributed by atoms with Crippen molar-refractivity contribution in [3.63, 3.8) is 0 Å². The molecular formula is C19H14ClN3O4. The first kappa shape index (κ1) is 18.3. The highest BCUT2D eigenvalue weighted by atomic mass is 35.5. The van der Waals surface area contributed by atoms with Gasteiger partial charge in [0.05, 0.1) is 27.6 Å². The number of anilines is 1. The number of carboxylic acid groups (broad SMARTS) is 1. The van der Waals surface area contributed by atoms with E-state index in [0.29, 0.717) is 28.1 Å². The molecule has 27 heavy (non-hydrogen) atoms. The fourth-order valence-electron chi connectivity index (χ4n) is 2.58. The van der Waals surface area contributed by atoms with Crippen molar-refractivity contribution in [3.05, 3.63) is 69.8 Å². The van der Waals surface area contributed by atoms with Gasteiger partial charge in [-0.15, -0.1) is 0 Å². The van der Waals surface area contributed by atoms with Gasteiger partial charge in [-0.3, -0.25) is 9.59 Å². The molecule has 2 amide bonds. The number of halogens is 1. The van der Waals surface area contributed by atoms with Gasteiger partial charge in [0, 0.05) is 5.56 Å². The highest BCUT2D eigenvalue weighted by molar-refractivity contribution is 6.34. The highest BCUT2D eigenvalue weighted by Gasteiger charge is 2.29. The van der Waals surface area contributed by atoms with Gasteiger partial charge in [0.15, 0.2) is 0 Å². The molecule has 0 fully saturated rings. The molecule has 1 aliphatic heterocycles. The summed E-state index contributed by atoms with van der Waals surface area (Å²) in [6, 6.07) is 10.7. The smallest absolute Gasteiger partial charge is 0.337 e. The summed E-state index contributed by atoms with van der Waals surface area (Å²) in [6.45, 7) is 1.68. The third-order valence-corrected chi connectivity index (χ3v) is 4.32. The van der Waals surface area contributed by atoms with E-state index in [1.54, 1.807) is 37.3 Å². The number of nitrogens with two attached hydrogens (primary N) is 1. The van der Waals surface area contributed by atoms with Crippen LogP contribution in [0.3, 0.4) is 0 Å². The predicted octanol–water partition coefficient (Wildman–Crippen LogP) is 2.94. The maximum Gasteiger partial charge on any atom is 0.337 e. The average molecular weight is 384 g/mol. The number of amides is 2. The fraction of sp³-hybridized carbons (Fsp3) is 0.0526. The molecule has 7 nitrogen and oxygen atoms in total. The van der Waals surface area contributed by atoms with Crippen molar-refractivity contribution in [2.75, 3.05) is 5.01 Å². The van der Waals surface area contributed by atoms with Gasteiger partial charge in [0.25, 0.3) is 5.91 Å². The minimum absolute atomic E-state index is 0.0731. The number of aromatic carboxylic acids is 1. The van der Waals surface area contributed by atoms with Crippen LogP contribution in [0.5, 0.6) is 0 Å². The molecule has 2 aromatic rings.